The number of hydrogen-bond donors (Lipinski definition) is 2. The minimum absolute atomic E-state index is 0. The lowest BCUT2D eigenvalue weighted by atomic mass is 9.99. The first kappa shape index (κ1) is 20.2. The molecule has 1 aliphatic rings. The van der Waals surface area contributed by atoms with Crippen molar-refractivity contribution in [2.75, 3.05) is 26.2 Å². The molecule has 11 heteroatoms. The van der Waals surface area contributed by atoms with E-state index >= 15 is 0 Å². The highest BCUT2D eigenvalue weighted by atomic mass is 35.5. The molecule has 1 atom stereocenters. The van der Waals surface area contributed by atoms with Crippen molar-refractivity contribution in [1.82, 2.24) is 19.4 Å². The molecular weight excluding hydrogens is 365 g/mol. The van der Waals surface area contributed by atoms with Crippen LogP contribution in [0.3, 0.4) is 0 Å². The molecular formula is C12H21Cl2N5O3S. The van der Waals surface area contributed by atoms with Crippen LogP contribution in [0, 0.1) is 5.92 Å². The molecule has 1 fully saturated rings. The van der Waals surface area contributed by atoms with Gasteiger partial charge < -0.3 is 11.1 Å². The summed E-state index contributed by atoms with van der Waals surface area (Å²) in [5.74, 6) is -0.538. The molecule has 1 aromatic heterocycles. The first-order valence-corrected chi connectivity index (χ1v) is 8.85. The van der Waals surface area contributed by atoms with Crippen molar-refractivity contribution in [2.24, 2.45) is 18.7 Å². The Labute approximate surface area is 146 Å². The van der Waals surface area contributed by atoms with E-state index in [-0.39, 0.29) is 40.8 Å². The highest BCUT2D eigenvalue weighted by Crippen LogP contribution is 2.27. The maximum Gasteiger partial charge on any atom is 0.261 e. The standard InChI is InChI=1S/C12H20ClN5O3S.ClH/c1-17-12(10(13)7-16-17)22(20,21)18-6-2-3-9(8-18)11(19)15-5-4-14;/h7,9H,2-6,8,14H2,1H3,(H,15,19);1H. The lowest BCUT2D eigenvalue weighted by Gasteiger charge is -2.31. The van der Waals surface area contributed by atoms with Crippen molar-refractivity contribution >= 4 is 39.9 Å². The first-order valence-electron chi connectivity index (χ1n) is 7.03. The summed E-state index contributed by atoms with van der Waals surface area (Å²) in [5, 5.41) is 6.60. The number of piperidine rings is 1. The van der Waals surface area contributed by atoms with Gasteiger partial charge in [-0.25, -0.2) is 8.42 Å². The second-order valence-corrected chi connectivity index (χ2v) is 7.46. The highest BCUT2D eigenvalue weighted by molar-refractivity contribution is 7.89. The molecule has 1 saturated heterocycles. The molecule has 0 saturated carbocycles. The van der Waals surface area contributed by atoms with E-state index < -0.39 is 10.0 Å². The second-order valence-electron chi connectivity index (χ2n) is 5.20. The SMILES string of the molecule is Cl.Cn1ncc(Cl)c1S(=O)(=O)N1CCCC(C(=O)NCCN)C1. The van der Waals surface area contributed by atoms with Crippen LogP contribution >= 0.6 is 24.0 Å². The van der Waals surface area contributed by atoms with Crippen LogP contribution < -0.4 is 11.1 Å². The number of nitrogens with two attached hydrogens (primary N) is 1. The largest absolute Gasteiger partial charge is 0.355 e. The number of sulfonamides is 1. The summed E-state index contributed by atoms with van der Waals surface area (Å²) in [4.78, 5) is 12.0. The highest BCUT2D eigenvalue weighted by Gasteiger charge is 2.35. The maximum atomic E-state index is 12.7. The number of aromatic nitrogens is 2. The monoisotopic (exact) mass is 385 g/mol. The van der Waals surface area contributed by atoms with Crippen molar-refractivity contribution in [3.63, 3.8) is 0 Å². The van der Waals surface area contributed by atoms with E-state index in [1.807, 2.05) is 0 Å². The van der Waals surface area contributed by atoms with Crippen LogP contribution in [0.25, 0.3) is 0 Å². The van der Waals surface area contributed by atoms with Gasteiger partial charge in [0.1, 0.15) is 0 Å². The van der Waals surface area contributed by atoms with Crippen molar-refractivity contribution in [1.29, 1.82) is 0 Å². The summed E-state index contributed by atoms with van der Waals surface area (Å²) in [6.07, 6.45) is 2.57. The number of nitrogens with one attached hydrogen (secondary N) is 1. The van der Waals surface area contributed by atoms with Gasteiger partial charge in [0.25, 0.3) is 10.0 Å². The number of hydrogen-bond acceptors (Lipinski definition) is 5. The van der Waals surface area contributed by atoms with E-state index in [1.54, 1.807) is 0 Å². The summed E-state index contributed by atoms with van der Waals surface area (Å²) >= 11 is 5.93. The van der Waals surface area contributed by atoms with Gasteiger partial charge in [-0.3, -0.25) is 9.48 Å². The minimum Gasteiger partial charge on any atom is -0.355 e. The molecule has 23 heavy (non-hydrogen) atoms. The van der Waals surface area contributed by atoms with Crippen molar-refractivity contribution in [2.45, 2.75) is 17.9 Å². The fourth-order valence-corrected chi connectivity index (χ4v) is 4.66. The van der Waals surface area contributed by atoms with Gasteiger partial charge in [0, 0.05) is 33.2 Å². The van der Waals surface area contributed by atoms with Gasteiger partial charge in [0.05, 0.1) is 17.1 Å². The molecule has 1 aliphatic heterocycles. The van der Waals surface area contributed by atoms with Crippen LogP contribution in [0.1, 0.15) is 12.8 Å². The minimum atomic E-state index is -3.77. The zero-order chi connectivity index (χ0) is 16.3. The van der Waals surface area contributed by atoms with E-state index in [9.17, 15) is 13.2 Å². The van der Waals surface area contributed by atoms with Crippen LogP contribution in [0.4, 0.5) is 0 Å². The molecule has 0 spiro atoms. The molecule has 0 aliphatic carbocycles. The molecule has 1 unspecified atom stereocenters. The Morgan fingerprint density at radius 1 is 1.57 bits per heavy atom. The summed E-state index contributed by atoms with van der Waals surface area (Å²) in [5.41, 5.74) is 5.35. The normalized spacial score (nSPS) is 19.2. The molecule has 0 radical (unpaired) electrons. The Kier molecular flexibility index (Phi) is 7.28. The number of rotatable bonds is 5. The summed E-state index contributed by atoms with van der Waals surface area (Å²) in [7, 11) is -2.25. The lowest BCUT2D eigenvalue weighted by molar-refractivity contribution is -0.126. The predicted octanol–water partition coefficient (Wildman–Crippen LogP) is -0.0291. The van der Waals surface area contributed by atoms with Crippen molar-refractivity contribution in [3.8, 4) is 0 Å². The van der Waals surface area contributed by atoms with E-state index in [0.717, 1.165) is 0 Å². The molecule has 2 rings (SSSR count). The topological polar surface area (TPSA) is 110 Å². The summed E-state index contributed by atoms with van der Waals surface area (Å²) < 4.78 is 27.9. The Morgan fingerprint density at radius 3 is 2.83 bits per heavy atom. The van der Waals surface area contributed by atoms with E-state index in [0.29, 0.717) is 32.5 Å². The third-order valence-electron chi connectivity index (χ3n) is 3.63. The Balaban J connectivity index is 0.00000264. The van der Waals surface area contributed by atoms with Crippen molar-refractivity contribution in [3.05, 3.63) is 11.2 Å². The van der Waals surface area contributed by atoms with Gasteiger partial charge >= 0.3 is 0 Å². The van der Waals surface area contributed by atoms with Crippen LogP contribution in [0.2, 0.25) is 5.02 Å². The van der Waals surface area contributed by atoms with E-state index in [4.69, 9.17) is 17.3 Å². The lowest BCUT2D eigenvalue weighted by Crippen LogP contribution is -2.46. The third-order valence-corrected chi connectivity index (χ3v) is 6.00. The molecule has 8 nitrogen and oxygen atoms in total. The Bertz CT molecular complexity index is 630. The van der Waals surface area contributed by atoms with Gasteiger partial charge in [0.2, 0.25) is 5.91 Å². The van der Waals surface area contributed by atoms with Crippen LogP contribution in [-0.4, -0.2) is 54.6 Å². The number of amides is 1. The number of nitrogens with zero attached hydrogens (tertiary/aromatic N) is 3. The molecule has 0 bridgehead atoms. The van der Waals surface area contributed by atoms with Crippen molar-refractivity contribution < 1.29 is 13.2 Å². The van der Waals surface area contributed by atoms with Gasteiger partial charge in [0.15, 0.2) is 5.03 Å². The Morgan fingerprint density at radius 2 is 2.26 bits per heavy atom. The number of halogens is 2. The van der Waals surface area contributed by atoms with Gasteiger partial charge in [-0.05, 0) is 12.8 Å². The van der Waals surface area contributed by atoms with Gasteiger partial charge in [-0.15, -0.1) is 12.4 Å². The first-order chi connectivity index (χ1) is 10.4. The number of aryl methyl sites for hydroxylation is 1. The second kappa shape index (κ2) is 8.29. The van der Waals surface area contributed by atoms with Crippen LogP contribution in [0.5, 0.6) is 0 Å². The number of carbonyl (C=O) groups is 1. The summed E-state index contributed by atoms with van der Waals surface area (Å²) in [6.45, 7) is 1.24. The fraction of sp³-hybridized carbons (Fsp3) is 0.667. The predicted molar refractivity (Wildman–Crippen MR) is 89.0 cm³/mol. The number of carbonyl (C=O) groups excluding carboxylic acids is 1. The smallest absolute Gasteiger partial charge is 0.261 e. The average Bonchev–Trinajstić information content (AvgIpc) is 2.84. The maximum absolute atomic E-state index is 12.7. The summed E-state index contributed by atoms with van der Waals surface area (Å²) in [6, 6.07) is 0. The zero-order valence-electron chi connectivity index (χ0n) is 12.7. The van der Waals surface area contributed by atoms with Gasteiger partial charge in [-0.1, -0.05) is 11.6 Å². The third kappa shape index (κ3) is 4.36. The molecule has 1 amide bonds. The molecule has 2 heterocycles. The Hall–Kier alpha value is -0.870. The van der Waals surface area contributed by atoms with Crippen LogP contribution in [-0.2, 0) is 21.9 Å². The molecule has 132 valence electrons. The quantitative estimate of drug-likeness (QED) is 0.739. The fourth-order valence-electron chi connectivity index (χ4n) is 2.53. The van der Waals surface area contributed by atoms with Crippen LogP contribution in [0.15, 0.2) is 11.2 Å². The van der Waals surface area contributed by atoms with E-state index in [2.05, 4.69) is 10.4 Å². The molecule has 3 N–H and O–H groups in total. The zero-order valence-corrected chi connectivity index (χ0v) is 15.1. The average molecular weight is 386 g/mol. The van der Waals surface area contributed by atoms with Gasteiger partial charge in [-0.2, -0.15) is 9.40 Å². The molecule has 0 aromatic carbocycles. The van der Waals surface area contributed by atoms with E-state index in [1.165, 1.54) is 22.2 Å². The molecule has 1 aromatic rings.